The summed E-state index contributed by atoms with van der Waals surface area (Å²) in [6, 6.07) is 7.77. The van der Waals surface area contributed by atoms with Gasteiger partial charge in [0, 0.05) is 10.6 Å². The zero-order chi connectivity index (χ0) is 15.7. The van der Waals surface area contributed by atoms with Crippen LogP contribution in [-0.2, 0) is 11.2 Å². The van der Waals surface area contributed by atoms with E-state index in [9.17, 15) is 4.79 Å². The summed E-state index contributed by atoms with van der Waals surface area (Å²) in [5.41, 5.74) is 2.77. The number of aryl methyl sites for hydroxylation is 2. The molecule has 1 fully saturated rings. The molecule has 1 saturated carbocycles. The fourth-order valence-electron chi connectivity index (χ4n) is 2.71. The van der Waals surface area contributed by atoms with Crippen molar-refractivity contribution in [3.63, 3.8) is 0 Å². The number of amides is 1. The summed E-state index contributed by atoms with van der Waals surface area (Å²) >= 11 is 5.94. The monoisotopic (exact) mass is 318 g/mol. The maximum absolute atomic E-state index is 12.4. The van der Waals surface area contributed by atoms with E-state index in [2.05, 4.69) is 10.5 Å². The summed E-state index contributed by atoms with van der Waals surface area (Å²) in [5, 5.41) is 7.76. The molecule has 1 aliphatic rings. The van der Waals surface area contributed by atoms with Gasteiger partial charge in [0.1, 0.15) is 5.76 Å². The zero-order valence-corrected chi connectivity index (χ0v) is 13.5. The van der Waals surface area contributed by atoms with Crippen LogP contribution in [0, 0.1) is 19.8 Å². The van der Waals surface area contributed by atoms with Gasteiger partial charge in [0.05, 0.1) is 18.2 Å². The van der Waals surface area contributed by atoms with Crippen molar-refractivity contribution in [1.29, 1.82) is 0 Å². The lowest BCUT2D eigenvalue weighted by Crippen LogP contribution is -2.31. The Morgan fingerprint density at radius 2 is 2.05 bits per heavy atom. The Morgan fingerprint density at radius 3 is 2.59 bits per heavy atom. The molecule has 0 saturated heterocycles. The van der Waals surface area contributed by atoms with Crippen LogP contribution in [0.2, 0.25) is 5.02 Å². The van der Waals surface area contributed by atoms with Crippen LogP contribution in [0.1, 0.15) is 41.5 Å². The van der Waals surface area contributed by atoms with Crippen molar-refractivity contribution in [2.24, 2.45) is 5.92 Å². The van der Waals surface area contributed by atoms with Crippen LogP contribution in [-0.4, -0.2) is 11.1 Å². The molecule has 1 aliphatic carbocycles. The van der Waals surface area contributed by atoms with E-state index >= 15 is 0 Å². The first-order valence-electron chi connectivity index (χ1n) is 7.51. The predicted molar refractivity (Wildman–Crippen MR) is 84.7 cm³/mol. The van der Waals surface area contributed by atoms with E-state index in [4.69, 9.17) is 16.1 Å². The molecule has 1 heterocycles. The molecule has 116 valence electrons. The average Bonchev–Trinajstić information content (AvgIpc) is 3.28. The van der Waals surface area contributed by atoms with Gasteiger partial charge in [0.25, 0.3) is 0 Å². The van der Waals surface area contributed by atoms with Crippen LogP contribution in [0.25, 0.3) is 0 Å². The fourth-order valence-corrected chi connectivity index (χ4v) is 2.84. The molecule has 1 N–H and O–H groups in total. The maximum atomic E-state index is 12.4. The molecular weight excluding hydrogens is 300 g/mol. The maximum Gasteiger partial charge on any atom is 0.225 e. The van der Waals surface area contributed by atoms with Crippen molar-refractivity contribution in [3.05, 3.63) is 51.9 Å². The van der Waals surface area contributed by atoms with Crippen LogP contribution in [0.5, 0.6) is 0 Å². The number of nitrogens with zero attached hydrogens (tertiary/aromatic N) is 1. The molecule has 1 amide bonds. The van der Waals surface area contributed by atoms with Gasteiger partial charge < -0.3 is 9.84 Å². The average molecular weight is 319 g/mol. The van der Waals surface area contributed by atoms with Crippen molar-refractivity contribution in [2.45, 2.75) is 39.2 Å². The molecule has 0 unspecified atom stereocenters. The van der Waals surface area contributed by atoms with Gasteiger partial charge in [0.15, 0.2) is 0 Å². The largest absolute Gasteiger partial charge is 0.361 e. The van der Waals surface area contributed by atoms with Crippen molar-refractivity contribution in [2.75, 3.05) is 0 Å². The molecule has 4 nitrogen and oxygen atoms in total. The second kappa shape index (κ2) is 6.13. The number of hydrogen-bond donors (Lipinski definition) is 1. The highest BCUT2D eigenvalue weighted by molar-refractivity contribution is 6.30. The van der Waals surface area contributed by atoms with E-state index in [0.29, 0.717) is 23.1 Å². The highest BCUT2D eigenvalue weighted by Crippen LogP contribution is 2.41. The number of carbonyl (C=O) groups excluding carboxylic acids is 1. The van der Waals surface area contributed by atoms with E-state index in [0.717, 1.165) is 29.7 Å². The lowest BCUT2D eigenvalue weighted by atomic mass is 10.0. The summed E-state index contributed by atoms with van der Waals surface area (Å²) in [6.45, 7) is 3.69. The number of benzene rings is 1. The summed E-state index contributed by atoms with van der Waals surface area (Å²) in [5.74, 6) is 1.23. The van der Waals surface area contributed by atoms with E-state index in [1.807, 2.05) is 38.1 Å². The fraction of sp³-hybridized carbons (Fsp3) is 0.412. The third-order valence-electron chi connectivity index (χ3n) is 4.16. The van der Waals surface area contributed by atoms with Gasteiger partial charge in [-0.3, -0.25) is 4.79 Å². The van der Waals surface area contributed by atoms with Gasteiger partial charge in [-0.2, -0.15) is 0 Å². The Morgan fingerprint density at radius 1 is 1.36 bits per heavy atom. The van der Waals surface area contributed by atoms with Crippen LogP contribution in [0.15, 0.2) is 28.8 Å². The minimum Gasteiger partial charge on any atom is -0.361 e. The van der Waals surface area contributed by atoms with Crippen LogP contribution in [0.4, 0.5) is 0 Å². The van der Waals surface area contributed by atoms with Crippen LogP contribution in [0.3, 0.4) is 0 Å². The van der Waals surface area contributed by atoms with Gasteiger partial charge >= 0.3 is 0 Å². The summed E-state index contributed by atoms with van der Waals surface area (Å²) in [6.07, 6.45) is 2.61. The van der Waals surface area contributed by atoms with E-state index in [1.165, 1.54) is 0 Å². The van der Waals surface area contributed by atoms with Gasteiger partial charge in [-0.05, 0) is 50.3 Å². The minimum absolute atomic E-state index is 0.00116. The lowest BCUT2D eigenvalue weighted by molar-refractivity contribution is -0.121. The quantitative estimate of drug-likeness (QED) is 0.913. The van der Waals surface area contributed by atoms with Crippen molar-refractivity contribution in [3.8, 4) is 0 Å². The number of nitrogens with one attached hydrogen (secondary N) is 1. The standard InChI is InChI=1S/C17H19ClN2O2/c1-10-15(11(2)22-20-10)9-16(21)19-17(12-3-4-12)13-5-7-14(18)8-6-13/h5-8,12,17H,3-4,9H2,1-2H3,(H,19,21)/t17-/m1/s1. The molecule has 1 aromatic carbocycles. The van der Waals surface area contributed by atoms with Crippen LogP contribution < -0.4 is 5.32 Å². The second-order valence-electron chi connectivity index (χ2n) is 5.91. The normalized spacial score (nSPS) is 15.6. The van der Waals surface area contributed by atoms with Crippen molar-refractivity contribution >= 4 is 17.5 Å². The summed E-state index contributed by atoms with van der Waals surface area (Å²) in [7, 11) is 0. The Kier molecular flexibility index (Phi) is 4.21. The smallest absolute Gasteiger partial charge is 0.225 e. The number of carbonyl (C=O) groups is 1. The molecule has 0 aliphatic heterocycles. The molecular formula is C17H19ClN2O2. The van der Waals surface area contributed by atoms with E-state index in [-0.39, 0.29) is 11.9 Å². The summed E-state index contributed by atoms with van der Waals surface area (Å²) in [4.78, 5) is 12.4. The molecule has 22 heavy (non-hydrogen) atoms. The Bertz CT molecular complexity index is 655. The molecule has 3 rings (SSSR count). The third kappa shape index (κ3) is 3.33. The molecule has 0 spiro atoms. The Balaban J connectivity index is 1.71. The first-order chi connectivity index (χ1) is 10.5. The SMILES string of the molecule is Cc1noc(C)c1CC(=O)N[C@@H](c1ccc(Cl)cc1)C1CC1. The first kappa shape index (κ1) is 15.1. The highest BCUT2D eigenvalue weighted by atomic mass is 35.5. The lowest BCUT2D eigenvalue weighted by Gasteiger charge is -2.19. The minimum atomic E-state index is 0.00116. The topological polar surface area (TPSA) is 55.1 Å². The van der Waals surface area contributed by atoms with E-state index in [1.54, 1.807) is 0 Å². The second-order valence-corrected chi connectivity index (χ2v) is 6.35. The molecule has 5 heteroatoms. The van der Waals surface area contributed by atoms with Gasteiger partial charge in [-0.1, -0.05) is 28.9 Å². The van der Waals surface area contributed by atoms with Crippen LogP contribution >= 0.6 is 11.6 Å². The molecule has 0 radical (unpaired) electrons. The van der Waals surface area contributed by atoms with E-state index < -0.39 is 0 Å². The highest BCUT2D eigenvalue weighted by Gasteiger charge is 2.33. The zero-order valence-electron chi connectivity index (χ0n) is 12.7. The molecule has 2 aromatic rings. The number of halogens is 1. The van der Waals surface area contributed by atoms with Crippen molar-refractivity contribution in [1.82, 2.24) is 10.5 Å². The van der Waals surface area contributed by atoms with Gasteiger partial charge in [-0.25, -0.2) is 0 Å². The molecule has 1 atom stereocenters. The molecule has 0 bridgehead atoms. The number of rotatable bonds is 5. The van der Waals surface area contributed by atoms with Gasteiger partial charge in [-0.15, -0.1) is 0 Å². The number of hydrogen-bond acceptors (Lipinski definition) is 3. The number of aromatic nitrogens is 1. The first-order valence-corrected chi connectivity index (χ1v) is 7.89. The summed E-state index contributed by atoms with van der Waals surface area (Å²) < 4.78 is 5.11. The molecule has 1 aromatic heterocycles. The Labute approximate surface area is 134 Å². The van der Waals surface area contributed by atoms with Crippen molar-refractivity contribution < 1.29 is 9.32 Å². The predicted octanol–water partition coefficient (Wildman–Crippen LogP) is 3.75. The third-order valence-corrected chi connectivity index (χ3v) is 4.41. The Hall–Kier alpha value is -1.81. The van der Waals surface area contributed by atoms with Gasteiger partial charge in [0.2, 0.25) is 5.91 Å².